The van der Waals surface area contributed by atoms with Crippen LogP contribution in [0.4, 0.5) is 4.79 Å². The third-order valence-corrected chi connectivity index (χ3v) is 12.6. The number of fused-ring (bicyclic) bond motifs is 6. The maximum absolute atomic E-state index is 14.3. The van der Waals surface area contributed by atoms with Gasteiger partial charge in [0, 0.05) is 89.8 Å². The molecule has 0 saturated carbocycles. The highest BCUT2D eigenvalue weighted by Crippen LogP contribution is 2.52. The summed E-state index contributed by atoms with van der Waals surface area (Å²) in [6.07, 6.45) is 7.02. The van der Waals surface area contributed by atoms with Crippen LogP contribution in [0.1, 0.15) is 75.6 Å². The number of ether oxygens (including phenoxy) is 2. The van der Waals surface area contributed by atoms with Gasteiger partial charge in [-0.25, -0.2) is 15.2 Å². The van der Waals surface area contributed by atoms with E-state index in [0.717, 1.165) is 63.4 Å². The number of esters is 1. The zero-order chi connectivity index (χ0) is 37.6. The van der Waals surface area contributed by atoms with Crippen LogP contribution in [0.5, 0.6) is 0 Å². The molecule has 2 saturated heterocycles. The van der Waals surface area contributed by atoms with Crippen molar-refractivity contribution in [1.82, 2.24) is 30.2 Å². The molecule has 0 spiro atoms. The van der Waals surface area contributed by atoms with Crippen molar-refractivity contribution in [1.29, 1.82) is 0 Å². The fourth-order valence-corrected chi connectivity index (χ4v) is 9.50. The van der Waals surface area contributed by atoms with Crippen molar-refractivity contribution < 1.29 is 23.9 Å². The smallest absolute Gasteiger partial charge is 0.324 e. The molecule has 14 heteroatoms. The monoisotopic (exact) mass is 756 g/mol. The Bertz CT molecular complexity index is 1970. The summed E-state index contributed by atoms with van der Waals surface area (Å²) in [6, 6.07) is 5.53. The van der Waals surface area contributed by atoms with Gasteiger partial charge < -0.3 is 30.0 Å². The molecular formula is C39H50N7O5SSi. The summed E-state index contributed by atoms with van der Waals surface area (Å²) in [6.45, 7) is 11.1. The predicted molar refractivity (Wildman–Crippen MR) is 207 cm³/mol. The van der Waals surface area contributed by atoms with Gasteiger partial charge in [-0.15, -0.1) is 11.3 Å². The standard InChI is InChI=1S/C39H50N7O5SSi/c1-6-8-11-23-32(40)34(50-5)31-30-24-18-22(13-14-28(24)45(7-2)33(23)30)27-20-52-29(41-27)19-25(35(53)42-38(49)44-15-10-16-44)36(47)46-17-9-12-26(43-46)37(48)51-21-39(31,3)4/h8,11,13-14,18,20,25-26,31,34-35,43H,6-7,9-10,12,15-17,19,21,40H2,1-5H3,(H,42,49)/b11-8-/t25-,26+,31?,34+,35-/m1/s1. The minimum atomic E-state index is -0.709. The average Bonchev–Trinajstić information content (AvgIpc) is 3.72. The van der Waals surface area contributed by atoms with Crippen molar-refractivity contribution in [2.45, 2.75) is 90.1 Å². The Morgan fingerprint density at radius 2 is 2.04 bits per heavy atom. The highest BCUT2D eigenvalue weighted by atomic mass is 32.1. The molecule has 281 valence electrons. The normalized spacial score (nSPS) is 25.3. The number of benzene rings is 1. The van der Waals surface area contributed by atoms with Crippen LogP contribution in [0.2, 0.25) is 0 Å². The second kappa shape index (κ2) is 15.0. The van der Waals surface area contributed by atoms with Crippen molar-refractivity contribution in [2.24, 2.45) is 17.1 Å². The van der Waals surface area contributed by atoms with Crippen LogP contribution in [-0.2, 0) is 32.0 Å². The summed E-state index contributed by atoms with van der Waals surface area (Å²) in [5, 5.41) is 8.38. The highest BCUT2D eigenvalue weighted by molar-refractivity contribution is 7.10. The van der Waals surface area contributed by atoms with E-state index in [2.05, 4.69) is 83.6 Å². The van der Waals surface area contributed by atoms with Crippen molar-refractivity contribution >= 4 is 56.0 Å². The third-order valence-electron chi connectivity index (χ3n) is 11.2. The SMILES string of the molecule is CC/C=C\C1=C(N)[C@@H](OC)C2c3c1n(CC)c1ccc(cc31)-c1csc(n1)C[C@H]([C@@H]([Si])NC(=O)N1CCC1)C(=O)N1CCC[C@H](N1)C(=O)OCC2(C)C. The van der Waals surface area contributed by atoms with Gasteiger partial charge >= 0.3 is 12.0 Å². The summed E-state index contributed by atoms with van der Waals surface area (Å²) in [7, 11) is 5.42. The van der Waals surface area contributed by atoms with E-state index in [-0.39, 0.29) is 30.9 Å². The van der Waals surface area contributed by atoms with E-state index >= 15 is 0 Å². The molecular weight excluding hydrogens is 707 g/mol. The molecule has 4 N–H and O–H groups in total. The number of aromatic nitrogens is 2. The van der Waals surface area contributed by atoms with E-state index in [1.54, 1.807) is 12.0 Å². The topological polar surface area (TPSA) is 144 Å². The molecule has 3 amide bonds. The number of carbonyl (C=O) groups is 3. The van der Waals surface area contributed by atoms with Crippen molar-refractivity contribution in [3.05, 3.63) is 57.7 Å². The van der Waals surface area contributed by atoms with Gasteiger partial charge in [-0.05, 0) is 50.3 Å². The first-order chi connectivity index (χ1) is 25.5. The second-order valence-electron chi connectivity index (χ2n) is 15.2. The number of allylic oxidation sites excluding steroid dienone is 3. The molecule has 2 fully saturated rings. The van der Waals surface area contributed by atoms with Gasteiger partial charge in [0.05, 0.1) is 39.2 Å². The number of thiazole rings is 1. The number of nitrogens with one attached hydrogen (secondary N) is 2. The van der Waals surface area contributed by atoms with Gasteiger partial charge in [0.25, 0.3) is 0 Å². The minimum Gasteiger partial charge on any atom is -0.464 e. The van der Waals surface area contributed by atoms with E-state index in [4.69, 9.17) is 20.2 Å². The van der Waals surface area contributed by atoms with Crippen LogP contribution < -0.4 is 16.5 Å². The lowest BCUT2D eigenvalue weighted by molar-refractivity contribution is -0.156. The molecule has 12 nitrogen and oxygen atoms in total. The first kappa shape index (κ1) is 37.3. The Kier molecular flexibility index (Phi) is 10.6. The number of methoxy groups -OCH3 is 1. The Morgan fingerprint density at radius 1 is 1.25 bits per heavy atom. The largest absolute Gasteiger partial charge is 0.464 e. The van der Waals surface area contributed by atoms with E-state index in [1.807, 2.05) is 5.38 Å². The maximum Gasteiger partial charge on any atom is 0.324 e. The van der Waals surface area contributed by atoms with Gasteiger partial charge in [-0.2, -0.15) is 0 Å². The Balaban J connectivity index is 1.37. The quantitative estimate of drug-likeness (QED) is 0.243. The average molecular weight is 757 g/mol. The first-order valence-electron chi connectivity index (χ1n) is 18.8. The van der Waals surface area contributed by atoms with Gasteiger partial charge in [0.1, 0.15) is 12.1 Å². The summed E-state index contributed by atoms with van der Waals surface area (Å²) in [4.78, 5) is 47.9. The predicted octanol–water partition coefficient (Wildman–Crippen LogP) is 4.68. The first-order valence-corrected chi connectivity index (χ1v) is 20.2. The van der Waals surface area contributed by atoms with E-state index in [9.17, 15) is 14.4 Å². The number of likely N-dealkylation sites (tertiary alicyclic amines) is 1. The van der Waals surface area contributed by atoms with Gasteiger partial charge in [0.15, 0.2) is 0 Å². The molecule has 2 aromatic heterocycles. The van der Waals surface area contributed by atoms with E-state index < -0.39 is 35.1 Å². The zero-order valence-electron chi connectivity index (χ0n) is 31.2. The van der Waals surface area contributed by atoms with E-state index in [0.29, 0.717) is 38.2 Å². The minimum absolute atomic E-state index is 0.109. The fraction of sp³-hybridized carbons (Fsp3) is 0.538. The van der Waals surface area contributed by atoms with Crippen LogP contribution in [0, 0.1) is 11.3 Å². The number of amides is 3. The Morgan fingerprint density at radius 3 is 2.74 bits per heavy atom. The molecule has 53 heavy (non-hydrogen) atoms. The number of nitrogens with zero attached hydrogens (tertiary/aromatic N) is 4. The number of aryl methyl sites for hydroxylation is 1. The van der Waals surface area contributed by atoms with Gasteiger partial charge in [-0.1, -0.05) is 39.0 Å². The molecule has 7 rings (SSSR count). The number of hydrogen-bond donors (Lipinski definition) is 3. The van der Waals surface area contributed by atoms with Crippen LogP contribution in [-0.4, -0.2) is 98.8 Å². The summed E-state index contributed by atoms with van der Waals surface area (Å²) < 4.78 is 14.8. The molecule has 1 aliphatic carbocycles. The van der Waals surface area contributed by atoms with Crippen LogP contribution in [0.15, 0.2) is 41.4 Å². The molecule has 5 atom stereocenters. The number of cyclic esters (lactones) is 1. The molecule has 1 unspecified atom stereocenters. The summed E-state index contributed by atoms with van der Waals surface area (Å²) in [5.41, 5.74) is 15.6. The number of hydrogen-bond acceptors (Lipinski definition) is 9. The number of carbonyl (C=O) groups excluding carboxylic acids is 3. The fourth-order valence-electron chi connectivity index (χ4n) is 8.25. The zero-order valence-corrected chi connectivity index (χ0v) is 33.1. The van der Waals surface area contributed by atoms with Crippen LogP contribution >= 0.6 is 11.3 Å². The van der Waals surface area contributed by atoms with Crippen LogP contribution in [0.3, 0.4) is 0 Å². The lowest BCUT2D eigenvalue weighted by Crippen LogP contribution is -2.60. The molecule has 3 aromatic rings. The number of nitrogens with two attached hydrogens (primary N) is 1. The number of rotatable bonds is 6. The number of urea groups is 1. The highest BCUT2D eigenvalue weighted by Gasteiger charge is 2.47. The van der Waals surface area contributed by atoms with E-state index in [1.165, 1.54) is 16.3 Å². The summed E-state index contributed by atoms with van der Waals surface area (Å²) >= 11 is 1.49. The van der Waals surface area contributed by atoms with Crippen LogP contribution in [0.25, 0.3) is 27.7 Å². The van der Waals surface area contributed by atoms with Gasteiger partial charge in [-0.3, -0.25) is 14.6 Å². The second-order valence-corrected chi connectivity index (χ2v) is 16.7. The lowest BCUT2D eigenvalue weighted by atomic mass is 9.67. The van der Waals surface area contributed by atoms with Crippen molar-refractivity contribution in [3.8, 4) is 11.3 Å². The molecule has 3 aliphatic heterocycles. The maximum atomic E-state index is 14.3. The molecule has 3 radical (unpaired) electrons. The van der Waals surface area contributed by atoms with Crippen molar-refractivity contribution in [2.75, 3.05) is 33.4 Å². The molecule has 5 heterocycles. The lowest BCUT2D eigenvalue weighted by Gasteiger charge is -2.43. The summed E-state index contributed by atoms with van der Waals surface area (Å²) in [5.74, 6) is -1.60. The van der Waals surface area contributed by atoms with Crippen molar-refractivity contribution in [3.63, 3.8) is 0 Å². The molecule has 4 aliphatic rings. The molecule has 6 bridgehead atoms. The number of hydrazine groups is 1. The third kappa shape index (κ3) is 6.83. The van der Waals surface area contributed by atoms with Gasteiger partial charge in [0.2, 0.25) is 5.91 Å². The Labute approximate surface area is 318 Å². The molecule has 1 aromatic carbocycles. The Hall–Kier alpha value is -3.98.